The van der Waals surface area contributed by atoms with Gasteiger partial charge >= 0.3 is 0 Å². The first-order valence-electron chi connectivity index (χ1n) is 6.75. The molecule has 7 nitrogen and oxygen atoms in total. The second-order valence-corrected chi connectivity index (χ2v) is 6.30. The van der Waals surface area contributed by atoms with Crippen LogP contribution in [0, 0.1) is 0 Å². The molecule has 110 valence electrons. The van der Waals surface area contributed by atoms with E-state index in [9.17, 15) is 0 Å². The lowest BCUT2D eigenvalue weighted by Crippen LogP contribution is -2.05. The van der Waals surface area contributed by atoms with Crippen LogP contribution in [-0.4, -0.2) is 35.8 Å². The van der Waals surface area contributed by atoms with Gasteiger partial charge in [0.2, 0.25) is 5.95 Å². The maximum absolute atomic E-state index is 4.55. The van der Waals surface area contributed by atoms with Gasteiger partial charge < -0.3 is 10.3 Å². The van der Waals surface area contributed by atoms with E-state index in [1.807, 2.05) is 6.92 Å². The number of nitrogens with one attached hydrogen (secondary N) is 2. The molecule has 0 bridgehead atoms. The van der Waals surface area contributed by atoms with Gasteiger partial charge in [-0.05, 0) is 29.7 Å². The Hall–Kier alpha value is -1.74. The molecule has 0 aromatic carbocycles. The fraction of sp³-hybridized carbons (Fsp3) is 0.417. The van der Waals surface area contributed by atoms with Gasteiger partial charge in [-0.15, -0.1) is 0 Å². The van der Waals surface area contributed by atoms with E-state index in [2.05, 4.69) is 41.5 Å². The average molecular weight is 321 g/mol. The first kappa shape index (κ1) is 14.2. The van der Waals surface area contributed by atoms with Crippen molar-refractivity contribution in [2.24, 2.45) is 0 Å². The van der Waals surface area contributed by atoms with E-state index in [0.717, 1.165) is 40.1 Å². The standard InChI is InChI=1S/C12H15N7S2/c1-3-5-13-11-17-9-8(14-6-15-9)10(18-11)20-12-16-7(4-2)19-21-12/h6H,3-5H2,1-2H3,(H2,13,14,15,17,18). The molecule has 0 fully saturated rings. The predicted molar refractivity (Wildman–Crippen MR) is 83.9 cm³/mol. The van der Waals surface area contributed by atoms with Gasteiger partial charge in [-0.3, -0.25) is 0 Å². The van der Waals surface area contributed by atoms with Gasteiger partial charge in [0.1, 0.15) is 16.4 Å². The van der Waals surface area contributed by atoms with Crippen LogP contribution in [-0.2, 0) is 6.42 Å². The van der Waals surface area contributed by atoms with Crippen LogP contribution in [0.2, 0.25) is 0 Å². The fourth-order valence-electron chi connectivity index (χ4n) is 1.70. The minimum atomic E-state index is 0.596. The number of aromatic amines is 1. The molecular formula is C12H15N7S2. The number of rotatable bonds is 6. The van der Waals surface area contributed by atoms with Crippen molar-refractivity contribution >= 4 is 40.4 Å². The molecule has 3 aromatic rings. The highest BCUT2D eigenvalue weighted by molar-refractivity contribution is 8.01. The molecule has 0 aliphatic heterocycles. The van der Waals surface area contributed by atoms with Crippen LogP contribution in [0.1, 0.15) is 26.1 Å². The first-order chi connectivity index (χ1) is 10.3. The number of aryl methyl sites for hydroxylation is 1. The predicted octanol–water partition coefficient (Wildman–Crippen LogP) is 2.74. The molecule has 21 heavy (non-hydrogen) atoms. The van der Waals surface area contributed by atoms with Gasteiger partial charge in [-0.2, -0.15) is 9.36 Å². The Morgan fingerprint density at radius 2 is 2.19 bits per heavy atom. The van der Waals surface area contributed by atoms with E-state index in [1.165, 1.54) is 23.3 Å². The zero-order valence-electron chi connectivity index (χ0n) is 11.8. The van der Waals surface area contributed by atoms with Crippen molar-refractivity contribution in [1.82, 2.24) is 29.3 Å². The van der Waals surface area contributed by atoms with Gasteiger partial charge in [0, 0.05) is 13.0 Å². The maximum Gasteiger partial charge on any atom is 0.225 e. The van der Waals surface area contributed by atoms with Crippen LogP contribution in [0.25, 0.3) is 11.2 Å². The molecular weight excluding hydrogens is 306 g/mol. The third-order valence-electron chi connectivity index (χ3n) is 2.74. The largest absolute Gasteiger partial charge is 0.354 e. The third-order valence-corrected chi connectivity index (χ3v) is 4.51. The number of hydrogen-bond donors (Lipinski definition) is 2. The Balaban J connectivity index is 1.93. The first-order valence-corrected chi connectivity index (χ1v) is 8.34. The number of hydrogen-bond acceptors (Lipinski definition) is 8. The summed E-state index contributed by atoms with van der Waals surface area (Å²) in [5.41, 5.74) is 1.49. The van der Waals surface area contributed by atoms with E-state index in [0.29, 0.717) is 11.6 Å². The van der Waals surface area contributed by atoms with Gasteiger partial charge in [0.25, 0.3) is 0 Å². The van der Waals surface area contributed by atoms with Crippen molar-refractivity contribution in [3.8, 4) is 0 Å². The lowest BCUT2D eigenvalue weighted by molar-refractivity contribution is 0.942. The summed E-state index contributed by atoms with van der Waals surface area (Å²) in [7, 11) is 0. The van der Waals surface area contributed by atoms with Crippen LogP contribution in [0.3, 0.4) is 0 Å². The van der Waals surface area contributed by atoms with E-state index in [-0.39, 0.29) is 0 Å². The van der Waals surface area contributed by atoms with Crippen LogP contribution >= 0.6 is 23.3 Å². The molecule has 0 saturated heterocycles. The number of imidazole rings is 1. The summed E-state index contributed by atoms with van der Waals surface area (Å²) in [6.07, 6.45) is 3.48. The van der Waals surface area contributed by atoms with Crippen LogP contribution < -0.4 is 5.32 Å². The molecule has 3 aromatic heterocycles. The van der Waals surface area contributed by atoms with E-state index >= 15 is 0 Å². The molecule has 0 aliphatic carbocycles. The highest BCUT2D eigenvalue weighted by Crippen LogP contribution is 2.32. The fourth-order valence-corrected chi connectivity index (χ4v) is 3.40. The van der Waals surface area contributed by atoms with Crippen molar-refractivity contribution in [2.75, 3.05) is 11.9 Å². The van der Waals surface area contributed by atoms with Gasteiger partial charge in [0.15, 0.2) is 9.99 Å². The number of nitrogens with zero attached hydrogens (tertiary/aromatic N) is 5. The minimum absolute atomic E-state index is 0.596. The molecule has 2 N–H and O–H groups in total. The Morgan fingerprint density at radius 3 is 2.95 bits per heavy atom. The zero-order valence-corrected chi connectivity index (χ0v) is 13.4. The van der Waals surface area contributed by atoms with Crippen molar-refractivity contribution in [2.45, 2.75) is 36.1 Å². The molecule has 3 heterocycles. The Morgan fingerprint density at radius 1 is 1.29 bits per heavy atom. The summed E-state index contributed by atoms with van der Waals surface area (Å²) < 4.78 is 5.17. The summed E-state index contributed by atoms with van der Waals surface area (Å²) in [5, 5.41) is 4.01. The normalized spacial score (nSPS) is 11.1. The minimum Gasteiger partial charge on any atom is -0.354 e. The molecule has 0 saturated carbocycles. The summed E-state index contributed by atoms with van der Waals surface area (Å²) in [4.78, 5) is 20.7. The van der Waals surface area contributed by atoms with E-state index < -0.39 is 0 Å². The lowest BCUT2D eigenvalue weighted by atomic mass is 10.5. The average Bonchev–Trinajstić information content (AvgIpc) is 3.13. The van der Waals surface area contributed by atoms with Crippen molar-refractivity contribution in [3.63, 3.8) is 0 Å². The second-order valence-electron chi connectivity index (χ2n) is 4.31. The van der Waals surface area contributed by atoms with Gasteiger partial charge in [-0.25, -0.2) is 15.0 Å². The van der Waals surface area contributed by atoms with Crippen LogP contribution in [0.4, 0.5) is 5.95 Å². The molecule has 0 atom stereocenters. The Kier molecular flexibility index (Phi) is 4.30. The summed E-state index contributed by atoms with van der Waals surface area (Å²) in [6.45, 7) is 4.98. The van der Waals surface area contributed by atoms with E-state index in [4.69, 9.17) is 0 Å². The van der Waals surface area contributed by atoms with Crippen molar-refractivity contribution in [3.05, 3.63) is 12.2 Å². The smallest absolute Gasteiger partial charge is 0.225 e. The maximum atomic E-state index is 4.55. The highest BCUT2D eigenvalue weighted by Gasteiger charge is 2.13. The second kappa shape index (κ2) is 6.35. The molecule has 0 spiro atoms. The quantitative estimate of drug-likeness (QED) is 0.674. The zero-order chi connectivity index (χ0) is 14.7. The summed E-state index contributed by atoms with van der Waals surface area (Å²) in [6, 6.07) is 0. The SMILES string of the molecule is CCCNc1nc(Sc2nc(CC)ns2)c2[nH]cnc2n1. The number of H-pyrrole nitrogens is 1. The van der Waals surface area contributed by atoms with E-state index in [1.54, 1.807) is 6.33 Å². The topological polar surface area (TPSA) is 92.3 Å². The van der Waals surface area contributed by atoms with Crippen molar-refractivity contribution < 1.29 is 0 Å². The Labute approximate surface area is 130 Å². The number of aromatic nitrogens is 6. The monoisotopic (exact) mass is 321 g/mol. The number of fused-ring (bicyclic) bond motifs is 1. The van der Waals surface area contributed by atoms with Crippen molar-refractivity contribution in [1.29, 1.82) is 0 Å². The van der Waals surface area contributed by atoms with Gasteiger partial charge in [-0.1, -0.05) is 13.8 Å². The Bertz CT molecular complexity index is 736. The molecule has 9 heteroatoms. The summed E-state index contributed by atoms with van der Waals surface area (Å²) in [5.74, 6) is 1.46. The molecule has 0 unspecified atom stereocenters. The van der Waals surface area contributed by atoms with Crippen LogP contribution in [0.15, 0.2) is 15.7 Å². The molecule has 3 rings (SSSR count). The molecule has 0 amide bonds. The van der Waals surface area contributed by atoms with Gasteiger partial charge in [0.05, 0.1) is 6.33 Å². The lowest BCUT2D eigenvalue weighted by Gasteiger charge is -2.05. The molecule has 0 aliphatic rings. The number of anilines is 1. The highest BCUT2D eigenvalue weighted by atomic mass is 32.2. The molecule has 0 radical (unpaired) electrons. The van der Waals surface area contributed by atoms with Crippen LogP contribution in [0.5, 0.6) is 0 Å². The third kappa shape index (κ3) is 3.13. The summed E-state index contributed by atoms with van der Waals surface area (Å²) >= 11 is 2.88.